The third-order valence-corrected chi connectivity index (χ3v) is 5.63. The number of rotatable bonds is 2. The summed E-state index contributed by atoms with van der Waals surface area (Å²) in [4.78, 5) is 0.372. The Hall–Kier alpha value is -1.64. The number of benzene rings is 2. The normalized spacial score (nSPS) is 26.5. The molecule has 0 spiro atoms. The number of allylic oxidation sites excluding steroid dienone is 1. The molecule has 2 unspecified atom stereocenters. The van der Waals surface area contributed by atoms with Crippen LogP contribution >= 0.6 is 15.9 Å². The first-order chi connectivity index (χ1) is 10.7. The maximum Gasteiger partial charge on any atom is 0.119 e. The highest BCUT2D eigenvalue weighted by Gasteiger charge is 2.47. The van der Waals surface area contributed by atoms with E-state index in [9.17, 15) is 5.11 Å². The van der Waals surface area contributed by atoms with E-state index in [0.29, 0.717) is 11.2 Å². The number of halogens is 1. The molecule has 110 valence electrons. The predicted molar refractivity (Wildman–Crippen MR) is 93.9 cm³/mol. The van der Waals surface area contributed by atoms with Crippen LogP contribution in [0, 0.1) is 0 Å². The van der Waals surface area contributed by atoms with Crippen molar-refractivity contribution in [1.29, 1.82) is 0 Å². The first-order valence-corrected chi connectivity index (χ1v) is 8.53. The highest BCUT2D eigenvalue weighted by molar-refractivity contribution is 9.09. The maximum atomic E-state index is 11.3. The molecule has 2 aliphatic rings. The van der Waals surface area contributed by atoms with Crippen molar-refractivity contribution >= 4 is 15.9 Å². The Balaban J connectivity index is 1.84. The van der Waals surface area contributed by atoms with Gasteiger partial charge in [-0.2, -0.15) is 0 Å². The first-order valence-electron chi connectivity index (χ1n) is 7.61. The van der Waals surface area contributed by atoms with Gasteiger partial charge in [0, 0.05) is 11.2 Å². The smallest absolute Gasteiger partial charge is 0.119 e. The van der Waals surface area contributed by atoms with Gasteiger partial charge in [-0.25, -0.2) is 0 Å². The van der Waals surface area contributed by atoms with Gasteiger partial charge in [0.05, 0.1) is 0 Å². The number of hydrogen-bond acceptors (Lipinski definition) is 1. The molecule has 0 aromatic heterocycles. The summed E-state index contributed by atoms with van der Waals surface area (Å²) in [5, 5.41) is 11.3. The molecule has 2 heteroatoms. The molecule has 0 bridgehead atoms. The summed E-state index contributed by atoms with van der Waals surface area (Å²) in [7, 11) is 0. The van der Waals surface area contributed by atoms with E-state index in [4.69, 9.17) is 0 Å². The lowest BCUT2D eigenvalue weighted by molar-refractivity contribution is 0.0552. The highest BCUT2D eigenvalue weighted by Crippen LogP contribution is 2.53. The molecular weight excluding hydrogens is 336 g/mol. The third kappa shape index (κ3) is 2.02. The Morgan fingerprint density at radius 2 is 1.73 bits per heavy atom. The van der Waals surface area contributed by atoms with Gasteiger partial charge in [0.15, 0.2) is 0 Å². The molecule has 0 amide bonds. The van der Waals surface area contributed by atoms with E-state index in [1.165, 1.54) is 5.57 Å². The monoisotopic (exact) mass is 352 g/mol. The summed E-state index contributed by atoms with van der Waals surface area (Å²) >= 11 is 3.71. The van der Waals surface area contributed by atoms with Gasteiger partial charge >= 0.3 is 0 Å². The molecule has 1 nitrogen and oxygen atoms in total. The molecule has 1 N–H and O–H groups in total. The Kier molecular flexibility index (Phi) is 3.32. The standard InChI is InChI=1S/C20H17BrO/c21-19-12-6-11-18-16(19)13-20(18,22)17-10-5-4-9-15(17)14-7-2-1-3-8-14/h1-11,19,22H,12-13H2. The van der Waals surface area contributed by atoms with E-state index in [0.717, 1.165) is 28.7 Å². The molecule has 0 radical (unpaired) electrons. The van der Waals surface area contributed by atoms with Crippen molar-refractivity contribution in [2.24, 2.45) is 0 Å². The van der Waals surface area contributed by atoms with E-state index in [2.05, 4.69) is 52.3 Å². The first kappa shape index (κ1) is 14.0. The van der Waals surface area contributed by atoms with Crippen LogP contribution in [0.15, 0.2) is 77.9 Å². The predicted octanol–water partition coefficient (Wildman–Crippen LogP) is 4.96. The third-order valence-electron chi connectivity index (χ3n) is 4.70. The van der Waals surface area contributed by atoms with Crippen LogP contribution < -0.4 is 0 Å². The van der Waals surface area contributed by atoms with Gasteiger partial charge in [0.2, 0.25) is 0 Å². The van der Waals surface area contributed by atoms with Gasteiger partial charge in [-0.05, 0) is 34.3 Å². The van der Waals surface area contributed by atoms with Crippen LogP contribution in [0.25, 0.3) is 11.1 Å². The molecule has 2 aliphatic carbocycles. The lowest BCUT2D eigenvalue weighted by atomic mass is 9.65. The van der Waals surface area contributed by atoms with Crippen molar-refractivity contribution in [3.05, 3.63) is 83.5 Å². The van der Waals surface area contributed by atoms with Crippen LogP contribution in [-0.2, 0) is 5.60 Å². The molecule has 22 heavy (non-hydrogen) atoms. The second-order valence-electron chi connectivity index (χ2n) is 5.99. The van der Waals surface area contributed by atoms with Gasteiger partial charge in [0.25, 0.3) is 0 Å². The molecule has 0 saturated heterocycles. The van der Waals surface area contributed by atoms with Crippen LogP contribution in [0.3, 0.4) is 0 Å². The van der Waals surface area contributed by atoms with E-state index >= 15 is 0 Å². The largest absolute Gasteiger partial charge is 0.380 e. The molecule has 2 atom stereocenters. The molecular formula is C20H17BrO. The highest BCUT2D eigenvalue weighted by atomic mass is 79.9. The summed E-state index contributed by atoms with van der Waals surface area (Å²) in [5.41, 5.74) is 4.83. The minimum atomic E-state index is -0.856. The lowest BCUT2D eigenvalue weighted by Gasteiger charge is -2.45. The Morgan fingerprint density at radius 1 is 1.00 bits per heavy atom. The Bertz CT molecular complexity index is 775. The zero-order valence-corrected chi connectivity index (χ0v) is 13.8. The fourth-order valence-electron chi connectivity index (χ4n) is 3.55. The van der Waals surface area contributed by atoms with Gasteiger partial charge in [-0.15, -0.1) is 0 Å². The summed E-state index contributed by atoms with van der Waals surface area (Å²) in [6.45, 7) is 0. The molecule has 0 heterocycles. The summed E-state index contributed by atoms with van der Waals surface area (Å²) in [6.07, 6.45) is 5.97. The fourth-order valence-corrected chi connectivity index (χ4v) is 4.17. The van der Waals surface area contributed by atoms with E-state index in [-0.39, 0.29) is 0 Å². The zero-order chi connectivity index (χ0) is 15.2. The summed E-state index contributed by atoms with van der Waals surface area (Å²) < 4.78 is 0. The van der Waals surface area contributed by atoms with Crippen LogP contribution in [0.5, 0.6) is 0 Å². The molecule has 0 saturated carbocycles. The molecule has 0 fully saturated rings. The second-order valence-corrected chi connectivity index (χ2v) is 7.10. The lowest BCUT2D eigenvalue weighted by Crippen LogP contribution is -2.41. The average Bonchev–Trinajstić information content (AvgIpc) is 2.56. The van der Waals surface area contributed by atoms with Gasteiger partial charge < -0.3 is 5.11 Å². The number of aliphatic hydroxyl groups is 1. The molecule has 4 rings (SSSR count). The summed E-state index contributed by atoms with van der Waals surface area (Å²) in [6, 6.07) is 18.5. The molecule has 0 aliphatic heterocycles. The fraction of sp³-hybridized carbons (Fsp3) is 0.200. The minimum absolute atomic E-state index is 0.372. The molecule has 2 aromatic rings. The quantitative estimate of drug-likeness (QED) is 0.757. The van der Waals surface area contributed by atoms with Crippen molar-refractivity contribution in [3.8, 4) is 11.1 Å². The van der Waals surface area contributed by atoms with Gasteiger partial charge in [-0.1, -0.05) is 82.7 Å². The van der Waals surface area contributed by atoms with Crippen LogP contribution in [-0.4, -0.2) is 9.93 Å². The molecule has 2 aromatic carbocycles. The van der Waals surface area contributed by atoms with Crippen molar-refractivity contribution in [2.45, 2.75) is 23.3 Å². The van der Waals surface area contributed by atoms with Crippen LogP contribution in [0.2, 0.25) is 0 Å². The van der Waals surface area contributed by atoms with E-state index < -0.39 is 5.60 Å². The summed E-state index contributed by atoms with van der Waals surface area (Å²) in [5.74, 6) is 0. The van der Waals surface area contributed by atoms with Gasteiger partial charge in [0.1, 0.15) is 5.60 Å². The van der Waals surface area contributed by atoms with Crippen molar-refractivity contribution in [1.82, 2.24) is 0 Å². The topological polar surface area (TPSA) is 20.2 Å². The second kappa shape index (κ2) is 5.22. The van der Waals surface area contributed by atoms with Crippen LogP contribution in [0.1, 0.15) is 18.4 Å². The average molecular weight is 353 g/mol. The maximum absolute atomic E-state index is 11.3. The number of alkyl halides is 1. The number of hydrogen-bond donors (Lipinski definition) is 1. The van der Waals surface area contributed by atoms with Gasteiger partial charge in [-0.3, -0.25) is 0 Å². The SMILES string of the molecule is OC1(c2ccccc2-c2ccccc2)CC2=C1C=CCC2Br. The minimum Gasteiger partial charge on any atom is -0.380 e. The van der Waals surface area contributed by atoms with Crippen molar-refractivity contribution < 1.29 is 5.11 Å². The van der Waals surface area contributed by atoms with Crippen molar-refractivity contribution in [3.63, 3.8) is 0 Å². The zero-order valence-electron chi connectivity index (χ0n) is 12.2. The Morgan fingerprint density at radius 3 is 2.55 bits per heavy atom. The van der Waals surface area contributed by atoms with Crippen LogP contribution in [0.4, 0.5) is 0 Å². The van der Waals surface area contributed by atoms with E-state index in [1.807, 2.05) is 30.3 Å². The Labute approximate surface area is 139 Å². The van der Waals surface area contributed by atoms with E-state index in [1.54, 1.807) is 0 Å². The van der Waals surface area contributed by atoms with Crippen molar-refractivity contribution in [2.75, 3.05) is 0 Å².